The van der Waals surface area contributed by atoms with E-state index in [1.165, 1.54) is 0 Å². The maximum absolute atomic E-state index is 5.88. The van der Waals surface area contributed by atoms with Crippen LogP contribution in [0.2, 0.25) is 0 Å². The smallest absolute Gasteiger partial charge is 0.119 e. The number of hydrogen-bond donors (Lipinski definition) is 2. The predicted octanol–water partition coefficient (Wildman–Crippen LogP) is 2.21. The van der Waals surface area contributed by atoms with Crippen molar-refractivity contribution in [3.63, 3.8) is 0 Å². The number of benzene rings is 1. The molecule has 0 amide bonds. The normalized spacial score (nSPS) is 12.4. The maximum Gasteiger partial charge on any atom is 0.119 e. The topological polar surface area (TPSA) is 63.9 Å². The van der Waals surface area contributed by atoms with Crippen LogP contribution < -0.4 is 10.5 Å². The largest absolute Gasteiger partial charge is 0.494 e. The van der Waals surface area contributed by atoms with E-state index in [9.17, 15) is 0 Å². The van der Waals surface area contributed by atoms with Crippen LogP contribution in [0, 0.1) is 6.92 Å². The molecule has 0 radical (unpaired) electrons. The van der Waals surface area contributed by atoms with Crippen LogP contribution >= 0.6 is 0 Å². The first kappa shape index (κ1) is 12.6. The number of rotatable bonds is 5. The molecule has 0 fully saturated rings. The summed E-state index contributed by atoms with van der Waals surface area (Å²) in [6.07, 6.45) is 0. The molecule has 0 aliphatic heterocycles. The molecule has 0 aliphatic rings. The van der Waals surface area contributed by atoms with Crippen molar-refractivity contribution < 1.29 is 4.74 Å². The third-order valence-electron chi connectivity index (χ3n) is 2.89. The fourth-order valence-corrected chi connectivity index (χ4v) is 2.03. The molecule has 4 heteroatoms. The van der Waals surface area contributed by atoms with Crippen molar-refractivity contribution in [3.8, 4) is 5.75 Å². The third kappa shape index (κ3) is 2.71. The molecule has 0 saturated heterocycles. The summed E-state index contributed by atoms with van der Waals surface area (Å²) in [7, 11) is 0. The highest BCUT2D eigenvalue weighted by Crippen LogP contribution is 2.25. The molecule has 1 unspecified atom stereocenters. The molecular weight excluding hydrogens is 226 g/mol. The van der Waals surface area contributed by atoms with Crippen LogP contribution in [0.1, 0.15) is 29.8 Å². The molecular formula is C14H19N3O. The average molecular weight is 245 g/mol. The Morgan fingerprint density at radius 1 is 1.39 bits per heavy atom. The van der Waals surface area contributed by atoms with E-state index in [0.29, 0.717) is 13.2 Å². The van der Waals surface area contributed by atoms with Crippen LogP contribution in [-0.2, 0) is 0 Å². The molecule has 0 bridgehead atoms. The fraction of sp³-hybridized carbons (Fsp3) is 0.357. The fourth-order valence-electron chi connectivity index (χ4n) is 2.03. The zero-order chi connectivity index (χ0) is 13.0. The Kier molecular flexibility index (Phi) is 3.99. The third-order valence-corrected chi connectivity index (χ3v) is 2.89. The highest BCUT2D eigenvalue weighted by atomic mass is 16.5. The standard InChI is InChI=1S/C14H19N3O/c1-3-18-12-6-4-5-11(8-12)13(9-15)14-7-10(2)16-17-14/h4-8,13H,3,9,15H2,1-2H3,(H,16,17). The van der Waals surface area contributed by atoms with Gasteiger partial charge in [0.25, 0.3) is 0 Å². The molecule has 1 heterocycles. The summed E-state index contributed by atoms with van der Waals surface area (Å²) >= 11 is 0. The lowest BCUT2D eigenvalue weighted by Crippen LogP contribution is -2.14. The summed E-state index contributed by atoms with van der Waals surface area (Å²) in [5.41, 5.74) is 9.03. The van der Waals surface area contributed by atoms with Crippen molar-refractivity contribution in [2.45, 2.75) is 19.8 Å². The van der Waals surface area contributed by atoms with Crippen LogP contribution in [0.4, 0.5) is 0 Å². The second-order valence-corrected chi connectivity index (χ2v) is 4.27. The minimum Gasteiger partial charge on any atom is -0.494 e. The molecule has 0 aliphatic carbocycles. The zero-order valence-electron chi connectivity index (χ0n) is 10.8. The van der Waals surface area contributed by atoms with Crippen molar-refractivity contribution in [2.75, 3.05) is 13.2 Å². The highest BCUT2D eigenvalue weighted by Gasteiger charge is 2.15. The average Bonchev–Trinajstić information content (AvgIpc) is 2.78. The Hall–Kier alpha value is -1.81. The van der Waals surface area contributed by atoms with Gasteiger partial charge >= 0.3 is 0 Å². The Morgan fingerprint density at radius 2 is 2.22 bits per heavy atom. The van der Waals surface area contributed by atoms with Crippen LogP contribution in [0.25, 0.3) is 0 Å². The number of aromatic nitrogens is 2. The molecule has 2 aromatic rings. The SMILES string of the molecule is CCOc1cccc(C(CN)c2cc(C)[nH]n2)c1. The minimum atomic E-state index is 0.107. The molecule has 3 N–H and O–H groups in total. The monoisotopic (exact) mass is 245 g/mol. The summed E-state index contributed by atoms with van der Waals surface area (Å²) in [4.78, 5) is 0. The summed E-state index contributed by atoms with van der Waals surface area (Å²) in [6.45, 7) is 5.16. The predicted molar refractivity (Wildman–Crippen MR) is 71.8 cm³/mol. The number of aryl methyl sites for hydroxylation is 1. The van der Waals surface area contributed by atoms with E-state index in [0.717, 1.165) is 22.7 Å². The van der Waals surface area contributed by atoms with Gasteiger partial charge in [0.2, 0.25) is 0 Å². The Labute approximate surface area is 107 Å². The van der Waals surface area contributed by atoms with Crippen LogP contribution in [0.15, 0.2) is 30.3 Å². The number of nitrogens with zero attached hydrogens (tertiary/aromatic N) is 1. The molecule has 1 aromatic heterocycles. The Bertz CT molecular complexity index is 507. The van der Waals surface area contributed by atoms with E-state index >= 15 is 0 Å². The van der Waals surface area contributed by atoms with Gasteiger partial charge in [0.05, 0.1) is 12.3 Å². The van der Waals surface area contributed by atoms with Gasteiger partial charge < -0.3 is 10.5 Å². The Morgan fingerprint density at radius 3 is 2.83 bits per heavy atom. The van der Waals surface area contributed by atoms with Gasteiger partial charge in [-0.05, 0) is 37.6 Å². The Balaban J connectivity index is 2.29. The van der Waals surface area contributed by atoms with Gasteiger partial charge in [-0.3, -0.25) is 5.10 Å². The van der Waals surface area contributed by atoms with E-state index in [4.69, 9.17) is 10.5 Å². The van der Waals surface area contributed by atoms with Gasteiger partial charge in [-0.25, -0.2) is 0 Å². The van der Waals surface area contributed by atoms with E-state index in [2.05, 4.69) is 16.3 Å². The molecule has 96 valence electrons. The molecule has 0 saturated carbocycles. The first-order valence-electron chi connectivity index (χ1n) is 6.19. The molecule has 0 spiro atoms. The van der Waals surface area contributed by atoms with Crippen molar-refractivity contribution in [2.24, 2.45) is 5.73 Å². The molecule has 4 nitrogen and oxygen atoms in total. The number of hydrogen-bond acceptors (Lipinski definition) is 3. The molecule has 18 heavy (non-hydrogen) atoms. The van der Waals surface area contributed by atoms with E-state index in [1.807, 2.05) is 38.1 Å². The second kappa shape index (κ2) is 5.69. The summed E-state index contributed by atoms with van der Waals surface area (Å²) < 4.78 is 5.51. The van der Waals surface area contributed by atoms with Gasteiger partial charge in [-0.15, -0.1) is 0 Å². The number of nitrogens with two attached hydrogens (primary N) is 1. The highest BCUT2D eigenvalue weighted by molar-refractivity contribution is 5.35. The van der Waals surface area contributed by atoms with Crippen molar-refractivity contribution in [3.05, 3.63) is 47.3 Å². The first-order chi connectivity index (χ1) is 8.74. The van der Waals surface area contributed by atoms with Crippen molar-refractivity contribution >= 4 is 0 Å². The van der Waals surface area contributed by atoms with E-state index in [1.54, 1.807) is 0 Å². The van der Waals surface area contributed by atoms with Crippen molar-refractivity contribution in [1.29, 1.82) is 0 Å². The summed E-state index contributed by atoms with van der Waals surface area (Å²) in [5.74, 6) is 0.982. The lowest BCUT2D eigenvalue weighted by molar-refractivity contribution is 0.340. The van der Waals surface area contributed by atoms with Gasteiger partial charge in [0.1, 0.15) is 5.75 Å². The van der Waals surface area contributed by atoms with Gasteiger partial charge in [0.15, 0.2) is 0 Å². The first-order valence-corrected chi connectivity index (χ1v) is 6.19. The van der Waals surface area contributed by atoms with E-state index in [-0.39, 0.29) is 5.92 Å². The number of nitrogens with one attached hydrogen (secondary N) is 1. The molecule has 1 atom stereocenters. The van der Waals surface area contributed by atoms with Crippen LogP contribution in [-0.4, -0.2) is 23.3 Å². The van der Waals surface area contributed by atoms with E-state index < -0.39 is 0 Å². The van der Waals surface area contributed by atoms with Gasteiger partial charge in [-0.2, -0.15) is 5.10 Å². The maximum atomic E-state index is 5.88. The zero-order valence-corrected chi connectivity index (χ0v) is 10.8. The number of aromatic amines is 1. The quantitative estimate of drug-likeness (QED) is 0.848. The van der Waals surface area contributed by atoms with Crippen LogP contribution in [0.5, 0.6) is 5.75 Å². The second-order valence-electron chi connectivity index (χ2n) is 4.27. The lowest BCUT2D eigenvalue weighted by Gasteiger charge is -2.14. The number of ether oxygens (including phenoxy) is 1. The van der Waals surface area contributed by atoms with Crippen LogP contribution in [0.3, 0.4) is 0 Å². The lowest BCUT2D eigenvalue weighted by atomic mass is 9.95. The van der Waals surface area contributed by atoms with Gasteiger partial charge in [0, 0.05) is 18.2 Å². The molecule has 1 aromatic carbocycles. The minimum absolute atomic E-state index is 0.107. The molecule has 2 rings (SSSR count). The number of H-pyrrole nitrogens is 1. The summed E-state index contributed by atoms with van der Waals surface area (Å²) in [6, 6.07) is 10.1. The van der Waals surface area contributed by atoms with Crippen molar-refractivity contribution in [1.82, 2.24) is 10.2 Å². The van der Waals surface area contributed by atoms with Gasteiger partial charge in [-0.1, -0.05) is 12.1 Å². The summed E-state index contributed by atoms with van der Waals surface area (Å²) in [5, 5.41) is 7.25.